The Morgan fingerprint density at radius 2 is 1.78 bits per heavy atom. The first-order valence-corrected chi connectivity index (χ1v) is 13.0. The highest BCUT2D eigenvalue weighted by Gasteiger charge is 2.23. The normalized spacial score (nSPS) is 15.4. The van der Waals surface area contributed by atoms with Crippen LogP contribution in [0, 0.1) is 0 Å². The first kappa shape index (κ1) is 23.0. The number of hydrogen-bond acceptors (Lipinski definition) is 6. The number of hydrogen-bond donors (Lipinski definition) is 2. The van der Waals surface area contributed by atoms with Crippen molar-refractivity contribution in [3.63, 3.8) is 0 Å². The summed E-state index contributed by atoms with van der Waals surface area (Å²) in [5.74, 6) is 0.0566. The molecule has 2 heterocycles. The smallest absolute Gasteiger partial charge is 0.265 e. The SMILES string of the molecule is O=C(NN1CCC(c2ccc(S(=O)(=O)Nc3nccs3)cc2)CC1)c1ccc(Cl)c(Cl)c1. The zero-order valence-corrected chi connectivity index (χ0v) is 19.9. The molecule has 1 fully saturated rings. The van der Waals surface area contributed by atoms with Crippen molar-refractivity contribution in [2.75, 3.05) is 17.8 Å². The second kappa shape index (κ2) is 9.76. The number of piperidine rings is 1. The van der Waals surface area contributed by atoms with Crippen LogP contribution in [-0.2, 0) is 10.0 Å². The van der Waals surface area contributed by atoms with E-state index >= 15 is 0 Å². The Morgan fingerprint density at radius 1 is 1.06 bits per heavy atom. The summed E-state index contributed by atoms with van der Waals surface area (Å²) >= 11 is 13.1. The highest BCUT2D eigenvalue weighted by atomic mass is 35.5. The van der Waals surface area contributed by atoms with Gasteiger partial charge in [0.2, 0.25) is 0 Å². The van der Waals surface area contributed by atoms with Crippen LogP contribution >= 0.6 is 34.5 Å². The highest BCUT2D eigenvalue weighted by Crippen LogP contribution is 2.29. The molecule has 1 amide bonds. The average Bonchev–Trinajstić information content (AvgIpc) is 3.28. The minimum absolute atomic E-state index is 0.197. The number of nitrogens with one attached hydrogen (secondary N) is 2. The van der Waals surface area contributed by atoms with Crippen LogP contribution in [0.5, 0.6) is 0 Å². The van der Waals surface area contributed by atoms with E-state index in [1.807, 2.05) is 17.1 Å². The molecule has 2 aromatic carbocycles. The van der Waals surface area contributed by atoms with Crippen LogP contribution in [0.1, 0.15) is 34.7 Å². The second-order valence-electron chi connectivity index (χ2n) is 7.34. The molecule has 2 N–H and O–H groups in total. The van der Waals surface area contributed by atoms with E-state index in [-0.39, 0.29) is 16.7 Å². The van der Waals surface area contributed by atoms with Gasteiger partial charge in [0.25, 0.3) is 15.9 Å². The van der Waals surface area contributed by atoms with Gasteiger partial charge in [-0.05, 0) is 54.7 Å². The van der Waals surface area contributed by atoms with E-state index in [9.17, 15) is 13.2 Å². The number of thiazole rings is 1. The number of carbonyl (C=O) groups excluding carboxylic acids is 1. The predicted molar refractivity (Wildman–Crippen MR) is 127 cm³/mol. The zero-order chi connectivity index (χ0) is 22.7. The average molecular weight is 511 g/mol. The van der Waals surface area contributed by atoms with Crippen molar-refractivity contribution in [1.82, 2.24) is 15.4 Å². The molecule has 168 valence electrons. The molecule has 7 nitrogen and oxygen atoms in total. The molecule has 0 bridgehead atoms. The molecule has 1 saturated heterocycles. The van der Waals surface area contributed by atoms with E-state index in [1.165, 1.54) is 11.3 Å². The maximum atomic E-state index is 12.5. The van der Waals surface area contributed by atoms with Gasteiger partial charge < -0.3 is 0 Å². The fraction of sp³-hybridized carbons (Fsp3) is 0.238. The summed E-state index contributed by atoms with van der Waals surface area (Å²) in [6.07, 6.45) is 3.22. The third-order valence-corrected chi connectivity index (χ3v) is 8.16. The summed E-state index contributed by atoms with van der Waals surface area (Å²) in [7, 11) is -3.66. The minimum Gasteiger partial charge on any atom is -0.285 e. The largest absolute Gasteiger partial charge is 0.285 e. The number of amides is 1. The van der Waals surface area contributed by atoms with E-state index in [4.69, 9.17) is 23.2 Å². The van der Waals surface area contributed by atoms with Crippen LogP contribution < -0.4 is 10.1 Å². The van der Waals surface area contributed by atoms with Gasteiger partial charge in [-0.25, -0.2) is 18.4 Å². The molecule has 1 aliphatic heterocycles. The summed E-state index contributed by atoms with van der Waals surface area (Å²) < 4.78 is 27.4. The molecular weight excluding hydrogens is 491 g/mol. The van der Waals surface area contributed by atoms with Gasteiger partial charge in [0, 0.05) is 30.2 Å². The lowest BCUT2D eigenvalue weighted by Gasteiger charge is -2.32. The molecule has 4 rings (SSSR count). The lowest BCUT2D eigenvalue weighted by molar-refractivity contribution is 0.0734. The molecular formula is C21H20Cl2N4O3S2. The maximum Gasteiger partial charge on any atom is 0.265 e. The molecule has 11 heteroatoms. The Morgan fingerprint density at radius 3 is 2.41 bits per heavy atom. The lowest BCUT2D eigenvalue weighted by Crippen LogP contribution is -2.46. The Bertz CT molecular complexity index is 1190. The summed E-state index contributed by atoms with van der Waals surface area (Å²) in [6.45, 7) is 1.37. The number of benzene rings is 2. The van der Waals surface area contributed by atoms with Gasteiger partial charge in [0.05, 0.1) is 14.9 Å². The fourth-order valence-electron chi connectivity index (χ4n) is 3.54. The number of hydrazine groups is 1. The van der Waals surface area contributed by atoms with Crippen LogP contribution in [-0.4, -0.2) is 37.4 Å². The zero-order valence-electron chi connectivity index (χ0n) is 16.8. The van der Waals surface area contributed by atoms with Gasteiger partial charge in [0.1, 0.15) is 0 Å². The van der Waals surface area contributed by atoms with Crippen LogP contribution in [0.2, 0.25) is 10.0 Å². The monoisotopic (exact) mass is 510 g/mol. The topological polar surface area (TPSA) is 91.4 Å². The molecule has 0 aliphatic carbocycles. The van der Waals surface area contributed by atoms with Gasteiger partial charge in [0.15, 0.2) is 5.13 Å². The first-order valence-electron chi connectivity index (χ1n) is 9.85. The number of aromatic nitrogens is 1. The van der Waals surface area contributed by atoms with Crippen molar-refractivity contribution in [1.29, 1.82) is 0 Å². The Hall–Kier alpha value is -2.17. The summed E-state index contributed by atoms with van der Waals surface area (Å²) in [5, 5.41) is 4.68. The molecule has 0 unspecified atom stereocenters. The van der Waals surface area contributed by atoms with Crippen molar-refractivity contribution in [2.24, 2.45) is 0 Å². The van der Waals surface area contributed by atoms with Gasteiger partial charge in [-0.1, -0.05) is 35.3 Å². The summed E-state index contributed by atoms with van der Waals surface area (Å²) in [4.78, 5) is 16.6. The van der Waals surface area contributed by atoms with E-state index < -0.39 is 10.0 Å². The van der Waals surface area contributed by atoms with Gasteiger partial charge in [-0.2, -0.15) is 0 Å². The predicted octanol–water partition coefficient (Wildman–Crippen LogP) is 4.78. The number of rotatable bonds is 6. The fourth-order valence-corrected chi connectivity index (χ4v) is 5.62. The lowest BCUT2D eigenvalue weighted by atomic mass is 9.90. The van der Waals surface area contributed by atoms with E-state index in [0.717, 1.165) is 18.4 Å². The summed E-state index contributed by atoms with van der Waals surface area (Å²) in [5.41, 5.74) is 4.43. The molecule has 0 spiro atoms. The third-order valence-electron chi connectivity index (χ3n) is 5.25. The number of sulfonamides is 1. The van der Waals surface area contributed by atoms with Crippen molar-refractivity contribution < 1.29 is 13.2 Å². The van der Waals surface area contributed by atoms with Crippen molar-refractivity contribution in [2.45, 2.75) is 23.7 Å². The Kier molecular flexibility index (Phi) is 7.02. The molecule has 0 radical (unpaired) electrons. The number of anilines is 1. The van der Waals surface area contributed by atoms with Gasteiger partial charge >= 0.3 is 0 Å². The molecule has 0 atom stereocenters. The standard InChI is InChI=1S/C21H20Cl2N4O3S2/c22-18-6-3-16(13-19(18)23)20(28)25-27-10-7-15(8-11-27)14-1-4-17(5-2-14)32(29,30)26-21-24-9-12-31-21/h1-6,9,12-13,15H,7-8,10-11H2,(H,24,26)(H,25,28). The third kappa shape index (κ3) is 5.41. The molecule has 32 heavy (non-hydrogen) atoms. The van der Waals surface area contributed by atoms with Crippen molar-refractivity contribution in [3.8, 4) is 0 Å². The molecule has 1 aliphatic rings. The van der Waals surface area contributed by atoms with E-state index in [1.54, 1.807) is 41.9 Å². The summed E-state index contributed by atoms with van der Waals surface area (Å²) in [6, 6.07) is 11.7. The second-order valence-corrected chi connectivity index (χ2v) is 10.7. The van der Waals surface area contributed by atoms with Crippen molar-refractivity contribution in [3.05, 3.63) is 75.2 Å². The highest BCUT2D eigenvalue weighted by molar-refractivity contribution is 7.93. The van der Waals surface area contributed by atoms with Crippen LogP contribution in [0.3, 0.4) is 0 Å². The minimum atomic E-state index is -3.66. The quantitative estimate of drug-likeness (QED) is 0.497. The van der Waals surface area contributed by atoms with E-state index in [2.05, 4.69) is 15.1 Å². The van der Waals surface area contributed by atoms with Crippen LogP contribution in [0.15, 0.2) is 58.9 Å². The van der Waals surface area contributed by atoms with Gasteiger partial charge in [-0.3, -0.25) is 14.9 Å². The Balaban J connectivity index is 1.33. The molecule has 3 aromatic rings. The van der Waals surface area contributed by atoms with Crippen LogP contribution in [0.25, 0.3) is 0 Å². The van der Waals surface area contributed by atoms with Gasteiger partial charge in [-0.15, -0.1) is 11.3 Å². The van der Waals surface area contributed by atoms with Crippen LogP contribution in [0.4, 0.5) is 5.13 Å². The molecule has 1 aromatic heterocycles. The van der Waals surface area contributed by atoms with Crippen molar-refractivity contribution >= 4 is 55.6 Å². The molecule has 0 saturated carbocycles. The number of halogens is 2. The number of nitrogens with zero attached hydrogens (tertiary/aromatic N) is 2. The Labute approximate surface area is 200 Å². The maximum absolute atomic E-state index is 12.5. The number of carbonyl (C=O) groups is 1. The van der Waals surface area contributed by atoms with E-state index in [0.29, 0.717) is 33.8 Å². The first-order chi connectivity index (χ1) is 15.3.